The van der Waals surface area contributed by atoms with Crippen molar-refractivity contribution < 1.29 is 27.1 Å². The van der Waals surface area contributed by atoms with Crippen molar-refractivity contribution in [2.24, 2.45) is 0 Å². The van der Waals surface area contributed by atoms with Crippen molar-refractivity contribution in [3.8, 4) is 0 Å². The Kier molecular flexibility index (Phi) is 2.99. The summed E-state index contributed by atoms with van der Waals surface area (Å²) in [6.07, 6.45) is -4.55. The molecule has 84 valence electrons. The smallest absolute Gasteiger partial charge is 0.390 e. The molecule has 0 fully saturated rings. The molecule has 0 unspecified atom stereocenters. The van der Waals surface area contributed by atoms with E-state index in [4.69, 9.17) is 5.11 Å². The molecule has 1 nitrogen and oxygen atoms in total. The fourth-order valence-corrected chi connectivity index (χ4v) is 0.994. The van der Waals surface area contributed by atoms with Gasteiger partial charge in [0.1, 0.15) is 6.61 Å². The Labute approximate surface area is 82.1 Å². The Morgan fingerprint density at radius 1 is 0.867 bits per heavy atom. The maximum atomic E-state index is 12.8. The Bertz CT molecular complexity index is 327. The lowest BCUT2D eigenvalue weighted by atomic mass is 10.1. The summed E-state index contributed by atoms with van der Waals surface area (Å²) in [7, 11) is 0. The SMILES string of the molecule is OCC(F)(F)c1ccc(C(F)(F)F)cc1. The van der Waals surface area contributed by atoms with E-state index in [0.29, 0.717) is 24.3 Å². The minimum Gasteiger partial charge on any atom is -0.390 e. The second-order valence-electron chi connectivity index (χ2n) is 2.94. The molecule has 1 aromatic carbocycles. The number of benzene rings is 1. The number of hydrogen-bond donors (Lipinski definition) is 1. The van der Waals surface area contributed by atoms with Gasteiger partial charge in [0.25, 0.3) is 5.92 Å². The number of hydrogen-bond acceptors (Lipinski definition) is 1. The van der Waals surface area contributed by atoms with Crippen LogP contribution in [0.25, 0.3) is 0 Å². The molecule has 0 saturated carbocycles. The van der Waals surface area contributed by atoms with E-state index in [1.54, 1.807) is 0 Å². The van der Waals surface area contributed by atoms with Gasteiger partial charge >= 0.3 is 6.18 Å². The van der Waals surface area contributed by atoms with E-state index in [-0.39, 0.29) is 0 Å². The van der Waals surface area contributed by atoms with Crippen LogP contribution in [0.1, 0.15) is 11.1 Å². The standard InChI is InChI=1S/C9H7F5O/c10-8(11,5-15)6-1-3-7(4-2-6)9(12,13)14/h1-4,15H,5H2. The van der Waals surface area contributed by atoms with Crippen molar-refractivity contribution in [3.63, 3.8) is 0 Å². The molecule has 1 aromatic rings. The Morgan fingerprint density at radius 2 is 1.27 bits per heavy atom. The van der Waals surface area contributed by atoms with Gasteiger partial charge in [0, 0.05) is 5.56 Å². The molecule has 0 saturated heterocycles. The van der Waals surface area contributed by atoms with Crippen LogP contribution in [0.3, 0.4) is 0 Å². The highest BCUT2D eigenvalue weighted by molar-refractivity contribution is 5.27. The molecule has 6 heteroatoms. The third-order valence-corrected chi connectivity index (χ3v) is 1.83. The molecule has 0 aliphatic carbocycles. The van der Waals surface area contributed by atoms with Crippen molar-refractivity contribution in [1.29, 1.82) is 0 Å². The van der Waals surface area contributed by atoms with Gasteiger partial charge in [-0.25, -0.2) is 0 Å². The van der Waals surface area contributed by atoms with Crippen LogP contribution in [0.4, 0.5) is 22.0 Å². The highest BCUT2D eigenvalue weighted by Crippen LogP contribution is 2.32. The highest BCUT2D eigenvalue weighted by atomic mass is 19.4. The van der Waals surface area contributed by atoms with Crippen LogP contribution in [0.2, 0.25) is 0 Å². The molecule has 1 rings (SSSR count). The average Bonchev–Trinajstić information content (AvgIpc) is 2.17. The molecule has 0 bridgehead atoms. The zero-order chi connectivity index (χ0) is 11.7. The van der Waals surface area contributed by atoms with Crippen LogP contribution in [-0.2, 0) is 12.1 Å². The third-order valence-electron chi connectivity index (χ3n) is 1.83. The predicted molar refractivity (Wildman–Crippen MR) is 42.4 cm³/mol. The highest BCUT2D eigenvalue weighted by Gasteiger charge is 2.33. The predicted octanol–water partition coefficient (Wildman–Crippen LogP) is 2.79. The van der Waals surface area contributed by atoms with E-state index >= 15 is 0 Å². The fraction of sp³-hybridized carbons (Fsp3) is 0.333. The molecule has 0 heterocycles. The Hall–Kier alpha value is -1.17. The third kappa shape index (κ3) is 2.65. The van der Waals surface area contributed by atoms with Gasteiger partial charge in [0.05, 0.1) is 5.56 Å². The summed E-state index contributed by atoms with van der Waals surface area (Å²) >= 11 is 0. The largest absolute Gasteiger partial charge is 0.416 e. The number of aliphatic hydroxyl groups excluding tert-OH is 1. The van der Waals surface area contributed by atoms with Crippen molar-refractivity contribution in [3.05, 3.63) is 35.4 Å². The first kappa shape index (κ1) is 11.9. The van der Waals surface area contributed by atoms with Crippen molar-refractivity contribution >= 4 is 0 Å². The summed E-state index contributed by atoms with van der Waals surface area (Å²) in [6.45, 7) is -1.43. The number of rotatable bonds is 2. The van der Waals surface area contributed by atoms with Gasteiger partial charge < -0.3 is 5.11 Å². The van der Waals surface area contributed by atoms with Crippen molar-refractivity contribution in [2.75, 3.05) is 6.61 Å². The fourth-order valence-electron chi connectivity index (χ4n) is 0.994. The van der Waals surface area contributed by atoms with E-state index in [9.17, 15) is 22.0 Å². The molecule has 15 heavy (non-hydrogen) atoms. The lowest BCUT2D eigenvalue weighted by molar-refractivity contribution is -0.137. The molecule has 0 radical (unpaired) electrons. The van der Waals surface area contributed by atoms with Crippen molar-refractivity contribution in [1.82, 2.24) is 0 Å². The maximum Gasteiger partial charge on any atom is 0.416 e. The second-order valence-corrected chi connectivity index (χ2v) is 2.94. The summed E-state index contributed by atoms with van der Waals surface area (Å²) < 4.78 is 61.7. The summed E-state index contributed by atoms with van der Waals surface area (Å²) in [4.78, 5) is 0. The van der Waals surface area contributed by atoms with E-state index in [0.717, 1.165) is 0 Å². The molecule has 0 aliphatic heterocycles. The van der Waals surface area contributed by atoms with Crippen LogP contribution >= 0.6 is 0 Å². The Morgan fingerprint density at radius 3 is 1.60 bits per heavy atom. The zero-order valence-electron chi connectivity index (χ0n) is 7.35. The molecule has 0 aliphatic rings. The first-order valence-electron chi connectivity index (χ1n) is 3.94. The summed E-state index contributed by atoms with van der Waals surface area (Å²) in [5, 5.41) is 8.30. The summed E-state index contributed by atoms with van der Waals surface area (Å²) in [5.41, 5.74) is -1.64. The average molecular weight is 226 g/mol. The second kappa shape index (κ2) is 3.77. The number of aliphatic hydroxyl groups is 1. The van der Waals surface area contributed by atoms with E-state index in [2.05, 4.69) is 0 Å². The normalized spacial score (nSPS) is 12.9. The summed E-state index contributed by atoms with van der Waals surface area (Å²) in [5.74, 6) is -3.51. The first-order valence-corrected chi connectivity index (χ1v) is 3.94. The Balaban J connectivity index is 3.01. The van der Waals surface area contributed by atoms with Gasteiger partial charge in [-0.3, -0.25) is 0 Å². The topological polar surface area (TPSA) is 20.2 Å². The van der Waals surface area contributed by atoms with Crippen LogP contribution in [0.15, 0.2) is 24.3 Å². The van der Waals surface area contributed by atoms with Crippen LogP contribution in [-0.4, -0.2) is 11.7 Å². The molecule has 0 spiro atoms. The van der Waals surface area contributed by atoms with Gasteiger partial charge in [-0.1, -0.05) is 12.1 Å². The maximum absolute atomic E-state index is 12.8. The number of alkyl halides is 5. The molecule has 0 aromatic heterocycles. The minimum atomic E-state index is -4.55. The summed E-state index contributed by atoms with van der Waals surface area (Å²) in [6, 6.07) is 2.41. The lowest BCUT2D eigenvalue weighted by Gasteiger charge is -2.14. The van der Waals surface area contributed by atoms with Crippen LogP contribution < -0.4 is 0 Å². The molecular weight excluding hydrogens is 219 g/mol. The van der Waals surface area contributed by atoms with Crippen LogP contribution in [0.5, 0.6) is 0 Å². The van der Waals surface area contributed by atoms with Gasteiger partial charge in [0.15, 0.2) is 0 Å². The van der Waals surface area contributed by atoms with Gasteiger partial charge in [-0.05, 0) is 12.1 Å². The van der Waals surface area contributed by atoms with E-state index in [1.165, 1.54) is 0 Å². The van der Waals surface area contributed by atoms with Gasteiger partial charge in [-0.15, -0.1) is 0 Å². The molecular formula is C9H7F5O. The van der Waals surface area contributed by atoms with Crippen molar-refractivity contribution in [2.45, 2.75) is 12.1 Å². The molecule has 0 amide bonds. The minimum absolute atomic E-state index is 0.554. The van der Waals surface area contributed by atoms with E-state index in [1.807, 2.05) is 0 Å². The molecule has 0 atom stereocenters. The number of halogens is 5. The van der Waals surface area contributed by atoms with E-state index < -0.39 is 29.8 Å². The monoisotopic (exact) mass is 226 g/mol. The van der Waals surface area contributed by atoms with Gasteiger partial charge in [-0.2, -0.15) is 22.0 Å². The lowest BCUT2D eigenvalue weighted by Crippen LogP contribution is -2.18. The molecule has 1 N–H and O–H groups in total. The van der Waals surface area contributed by atoms with Gasteiger partial charge in [0.2, 0.25) is 0 Å². The first-order chi connectivity index (χ1) is 6.77. The zero-order valence-corrected chi connectivity index (χ0v) is 7.35. The quantitative estimate of drug-likeness (QED) is 0.769. The van der Waals surface area contributed by atoms with Crippen LogP contribution in [0, 0.1) is 0 Å².